The molecule has 0 spiro atoms. The van der Waals surface area contributed by atoms with E-state index in [4.69, 9.17) is 4.74 Å². The molecular weight excluding hydrogens is 223 g/mol. The Bertz CT molecular complexity index is 359. The van der Waals surface area contributed by atoms with Crippen LogP contribution in [0.5, 0.6) is 5.75 Å². The normalized spacial score (nSPS) is 11.0. The minimum atomic E-state index is -4.38. The van der Waals surface area contributed by atoms with E-state index < -0.39 is 17.8 Å². The second-order valence-corrected chi connectivity index (χ2v) is 2.94. The molecule has 0 bridgehead atoms. The Kier molecular flexibility index (Phi) is 3.76. The molecule has 6 heteroatoms. The number of hydrogen-bond acceptors (Lipinski definition) is 2. The number of halogens is 3. The van der Waals surface area contributed by atoms with Crippen LogP contribution in [0.1, 0.15) is 12.5 Å². The van der Waals surface area contributed by atoms with Crippen LogP contribution in [-0.2, 0) is 6.18 Å². The number of carbonyl (C=O) groups is 1. The number of alkyl halides is 3. The maximum atomic E-state index is 12.2. The van der Waals surface area contributed by atoms with Gasteiger partial charge in [-0.2, -0.15) is 13.2 Å². The number of ether oxygens (including phenoxy) is 1. The van der Waals surface area contributed by atoms with Gasteiger partial charge in [-0.3, -0.25) is 0 Å². The van der Waals surface area contributed by atoms with Crippen LogP contribution >= 0.6 is 0 Å². The monoisotopic (exact) mass is 233 g/mol. The van der Waals surface area contributed by atoms with E-state index in [9.17, 15) is 18.0 Å². The zero-order valence-electron chi connectivity index (χ0n) is 8.47. The Morgan fingerprint density at radius 3 is 2.31 bits per heavy atom. The van der Waals surface area contributed by atoms with Crippen LogP contribution in [0, 0.1) is 0 Å². The Morgan fingerprint density at radius 1 is 1.31 bits per heavy atom. The molecule has 0 aromatic heterocycles. The van der Waals surface area contributed by atoms with Crippen molar-refractivity contribution in [3.63, 3.8) is 0 Å². The molecule has 0 unspecified atom stereocenters. The van der Waals surface area contributed by atoms with Gasteiger partial charge in [0, 0.05) is 6.54 Å². The van der Waals surface area contributed by atoms with Gasteiger partial charge < -0.3 is 10.1 Å². The van der Waals surface area contributed by atoms with Gasteiger partial charge in [-0.15, -0.1) is 0 Å². The first-order valence-electron chi connectivity index (χ1n) is 4.56. The van der Waals surface area contributed by atoms with Crippen LogP contribution < -0.4 is 10.1 Å². The van der Waals surface area contributed by atoms with Crippen molar-refractivity contribution >= 4 is 6.09 Å². The molecule has 0 saturated heterocycles. The fraction of sp³-hybridized carbons (Fsp3) is 0.300. The Hall–Kier alpha value is -1.72. The molecule has 0 heterocycles. The zero-order chi connectivity index (χ0) is 12.2. The molecule has 0 aliphatic heterocycles. The van der Waals surface area contributed by atoms with E-state index in [0.717, 1.165) is 24.3 Å². The van der Waals surface area contributed by atoms with E-state index in [1.165, 1.54) is 0 Å². The third-order valence-electron chi connectivity index (χ3n) is 1.71. The van der Waals surface area contributed by atoms with Crippen LogP contribution in [-0.4, -0.2) is 12.6 Å². The van der Waals surface area contributed by atoms with Gasteiger partial charge in [-0.1, -0.05) is 0 Å². The topological polar surface area (TPSA) is 38.3 Å². The quantitative estimate of drug-likeness (QED) is 0.852. The number of carbonyl (C=O) groups excluding carboxylic acids is 1. The van der Waals surface area contributed by atoms with E-state index in [0.29, 0.717) is 6.54 Å². The molecule has 0 aliphatic carbocycles. The van der Waals surface area contributed by atoms with Crippen LogP contribution in [0.3, 0.4) is 0 Å². The summed E-state index contributed by atoms with van der Waals surface area (Å²) in [5.41, 5.74) is -0.782. The van der Waals surface area contributed by atoms with E-state index in [1.807, 2.05) is 0 Å². The number of hydrogen-bond donors (Lipinski definition) is 1. The van der Waals surface area contributed by atoms with Crippen molar-refractivity contribution in [2.24, 2.45) is 0 Å². The molecule has 1 amide bonds. The van der Waals surface area contributed by atoms with E-state index in [2.05, 4.69) is 5.32 Å². The Balaban J connectivity index is 2.69. The minimum Gasteiger partial charge on any atom is -0.410 e. The number of benzene rings is 1. The standard InChI is InChI=1S/C10H10F3NO2/c1-2-14-9(15)16-8-5-3-7(4-6-8)10(11,12)13/h3-6H,2H2,1H3,(H,14,15). The summed E-state index contributed by atoms with van der Waals surface area (Å²) in [4.78, 5) is 10.9. The summed E-state index contributed by atoms with van der Waals surface area (Å²) in [6.45, 7) is 2.09. The average molecular weight is 233 g/mol. The molecule has 0 radical (unpaired) electrons. The van der Waals surface area contributed by atoms with Gasteiger partial charge in [0.1, 0.15) is 5.75 Å². The molecule has 0 fully saturated rings. The predicted octanol–water partition coefficient (Wildman–Crippen LogP) is 2.81. The lowest BCUT2D eigenvalue weighted by molar-refractivity contribution is -0.137. The fourth-order valence-electron chi connectivity index (χ4n) is 0.999. The number of nitrogens with one attached hydrogen (secondary N) is 1. The summed E-state index contributed by atoms with van der Waals surface area (Å²) in [6.07, 6.45) is -5.08. The summed E-state index contributed by atoms with van der Waals surface area (Å²) >= 11 is 0. The highest BCUT2D eigenvalue weighted by Gasteiger charge is 2.30. The molecular formula is C10H10F3NO2. The van der Waals surface area contributed by atoms with Gasteiger partial charge in [-0.25, -0.2) is 4.79 Å². The van der Waals surface area contributed by atoms with Gasteiger partial charge in [-0.05, 0) is 31.2 Å². The first kappa shape index (κ1) is 12.4. The van der Waals surface area contributed by atoms with Crippen LogP contribution in [0.2, 0.25) is 0 Å². The van der Waals surface area contributed by atoms with E-state index in [1.54, 1.807) is 6.92 Å². The molecule has 3 nitrogen and oxygen atoms in total. The van der Waals surface area contributed by atoms with E-state index >= 15 is 0 Å². The lowest BCUT2D eigenvalue weighted by Crippen LogP contribution is -2.26. The fourth-order valence-corrected chi connectivity index (χ4v) is 0.999. The SMILES string of the molecule is CCNC(=O)Oc1ccc(C(F)(F)F)cc1. The highest BCUT2D eigenvalue weighted by molar-refractivity contribution is 5.70. The van der Waals surface area contributed by atoms with Gasteiger partial charge >= 0.3 is 12.3 Å². The molecule has 0 atom stereocenters. The predicted molar refractivity (Wildman–Crippen MR) is 51.1 cm³/mol. The third-order valence-corrected chi connectivity index (χ3v) is 1.71. The Labute approximate surface area is 90.2 Å². The molecule has 88 valence electrons. The van der Waals surface area contributed by atoms with Gasteiger partial charge in [0.05, 0.1) is 5.56 Å². The molecule has 1 aromatic carbocycles. The lowest BCUT2D eigenvalue weighted by Gasteiger charge is -2.08. The molecule has 16 heavy (non-hydrogen) atoms. The average Bonchev–Trinajstić information content (AvgIpc) is 2.17. The maximum Gasteiger partial charge on any atom is 0.416 e. The van der Waals surface area contributed by atoms with Crippen molar-refractivity contribution in [1.82, 2.24) is 5.32 Å². The third kappa shape index (κ3) is 3.45. The van der Waals surface area contributed by atoms with Crippen molar-refractivity contribution in [2.75, 3.05) is 6.54 Å². The van der Waals surface area contributed by atoms with Crippen LogP contribution in [0.25, 0.3) is 0 Å². The summed E-state index contributed by atoms with van der Waals surface area (Å²) in [6, 6.07) is 3.90. The van der Waals surface area contributed by atoms with Crippen molar-refractivity contribution in [1.29, 1.82) is 0 Å². The van der Waals surface area contributed by atoms with Crippen molar-refractivity contribution in [3.05, 3.63) is 29.8 Å². The van der Waals surface area contributed by atoms with Gasteiger partial charge in [0.25, 0.3) is 0 Å². The minimum absolute atomic E-state index is 0.0685. The van der Waals surface area contributed by atoms with Gasteiger partial charge in [0.2, 0.25) is 0 Å². The van der Waals surface area contributed by atoms with Crippen molar-refractivity contribution in [3.8, 4) is 5.75 Å². The first-order valence-corrected chi connectivity index (χ1v) is 4.56. The van der Waals surface area contributed by atoms with Crippen molar-refractivity contribution in [2.45, 2.75) is 13.1 Å². The highest BCUT2D eigenvalue weighted by Crippen LogP contribution is 2.30. The molecule has 0 saturated carbocycles. The van der Waals surface area contributed by atoms with Crippen LogP contribution in [0.4, 0.5) is 18.0 Å². The highest BCUT2D eigenvalue weighted by atomic mass is 19.4. The molecule has 0 aliphatic rings. The zero-order valence-corrected chi connectivity index (χ0v) is 8.47. The number of amides is 1. The summed E-state index contributed by atoms with van der Waals surface area (Å²) in [7, 11) is 0. The molecule has 1 rings (SSSR count). The second-order valence-electron chi connectivity index (χ2n) is 2.94. The molecule has 1 aromatic rings. The lowest BCUT2D eigenvalue weighted by atomic mass is 10.2. The smallest absolute Gasteiger partial charge is 0.410 e. The Morgan fingerprint density at radius 2 is 1.88 bits per heavy atom. The largest absolute Gasteiger partial charge is 0.416 e. The number of rotatable bonds is 2. The summed E-state index contributed by atoms with van der Waals surface area (Å²) < 4.78 is 41.3. The van der Waals surface area contributed by atoms with Crippen molar-refractivity contribution < 1.29 is 22.7 Å². The first-order chi connectivity index (χ1) is 7.43. The summed E-state index contributed by atoms with van der Waals surface area (Å²) in [5, 5.41) is 2.36. The second kappa shape index (κ2) is 4.87. The molecule has 1 N–H and O–H groups in total. The maximum absolute atomic E-state index is 12.2. The van der Waals surface area contributed by atoms with E-state index in [-0.39, 0.29) is 5.75 Å². The summed E-state index contributed by atoms with van der Waals surface area (Å²) in [5.74, 6) is 0.0685. The van der Waals surface area contributed by atoms with Crippen LogP contribution in [0.15, 0.2) is 24.3 Å². The van der Waals surface area contributed by atoms with Gasteiger partial charge in [0.15, 0.2) is 0 Å².